The Kier molecular flexibility index (Phi) is 2.98. The van der Waals surface area contributed by atoms with E-state index < -0.39 is 0 Å². The minimum absolute atomic E-state index is 0.0471. The molecule has 4 aliphatic rings. The first-order valence-corrected chi connectivity index (χ1v) is 8.56. The molecular weight excluding hydrogens is 280 g/mol. The Bertz CT molecular complexity index is 492. The summed E-state index contributed by atoms with van der Waals surface area (Å²) in [6.45, 7) is 4.04. The van der Waals surface area contributed by atoms with E-state index in [1.807, 2.05) is 13.8 Å². The first-order chi connectivity index (χ1) is 10.4. The topological polar surface area (TPSA) is 68.3 Å². The maximum absolute atomic E-state index is 12.6. The van der Waals surface area contributed by atoms with Gasteiger partial charge in [-0.25, -0.2) is 0 Å². The zero-order chi connectivity index (χ0) is 15.8. The fourth-order valence-electron chi connectivity index (χ4n) is 6.05. The maximum atomic E-state index is 12.6. The van der Waals surface area contributed by atoms with Gasteiger partial charge in [0, 0.05) is 23.7 Å². The standard InChI is InChI=1S/C18H22O4/c1-7-3-9-13-10(4-7)16(20)18(22)12-6-8(2)5-11(14(12)13)17(21)15(9)19/h7-14H,3-6H2,1-2H3. The molecule has 4 rings (SSSR count). The summed E-state index contributed by atoms with van der Waals surface area (Å²) in [4.78, 5) is 50.3. The molecule has 0 heterocycles. The highest BCUT2D eigenvalue weighted by Crippen LogP contribution is 2.57. The molecule has 0 bridgehead atoms. The van der Waals surface area contributed by atoms with Crippen molar-refractivity contribution in [2.75, 3.05) is 0 Å². The normalized spacial score (nSPS) is 50.8. The third-order valence-electron chi connectivity index (χ3n) is 6.76. The van der Waals surface area contributed by atoms with Gasteiger partial charge in [-0.05, 0) is 49.4 Å². The first-order valence-electron chi connectivity index (χ1n) is 8.56. The minimum Gasteiger partial charge on any atom is -0.291 e. The van der Waals surface area contributed by atoms with Crippen LogP contribution in [0.1, 0.15) is 39.5 Å². The van der Waals surface area contributed by atoms with Crippen LogP contribution in [-0.4, -0.2) is 23.1 Å². The van der Waals surface area contributed by atoms with Crippen molar-refractivity contribution in [3.05, 3.63) is 0 Å². The molecule has 22 heavy (non-hydrogen) atoms. The lowest BCUT2D eigenvalue weighted by atomic mass is 9.45. The summed E-state index contributed by atoms with van der Waals surface area (Å²) in [5.74, 6) is -1.88. The highest BCUT2D eigenvalue weighted by molar-refractivity contribution is 6.42. The molecule has 0 aliphatic heterocycles. The van der Waals surface area contributed by atoms with Crippen molar-refractivity contribution in [3.63, 3.8) is 0 Å². The number of carbonyl (C=O) groups excluding carboxylic acids is 4. The van der Waals surface area contributed by atoms with Gasteiger partial charge in [-0.15, -0.1) is 0 Å². The zero-order valence-corrected chi connectivity index (χ0v) is 13.1. The molecule has 4 aliphatic carbocycles. The second-order valence-corrected chi connectivity index (χ2v) is 8.19. The lowest BCUT2D eigenvalue weighted by molar-refractivity contribution is -0.171. The summed E-state index contributed by atoms with van der Waals surface area (Å²) in [6.07, 6.45) is 2.83. The van der Waals surface area contributed by atoms with Crippen molar-refractivity contribution in [1.29, 1.82) is 0 Å². The summed E-state index contributed by atoms with van der Waals surface area (Å²) >= 11 is 0. The summed E-state index contributed by atoms with van der Waals surface area (Å²) in [6, 6.07) is 0. The van der Waals surface area contributed by atoms with E-state index in [-0.39, 0.29) is 70.5 Å². The van der Waals surface area contributed by atoms with Crippen LogP contribution >= 0.6 is 0 Å². The van der Waals surface area contributed by atoms with Crippen LogP contribution in [0.5, 0.6) is 0 Å². The van der Waals surface area contributed by atoms with Crippen molar-refractivity contribution >= 4 is 23.1 Å². The summed E-state index contributed by atoms with van der Waals surface area (Å²) in [5, 5.41) is 0. The molecule has 4 fully saturated rings. The highest BCUT2D eigenvalue weighted by Gasteiger charge is 2.63. The molecule has 4 atom stereocenters. The molecule has 0 aromatic carbocycles. The van der Waals surface area contributed by atoms with Gasteiger partial charge >= 0.3 is 0 Å². The molecule has 4 unspecified atom stereocenters. The van der Waals surface area contributed by atoms with Crippen LogP contribution in [0.3, 0.4) is 0 Å². The molecule has 0 N–H and O–H groups in total. The van der Waals surface area contributed by atoms with Crippen molar-refractivity contribution in [2.24, 2.45) is 47.3 Å². The third-order valence-corrected chi connectivity index (χ3v) is 6.76. The Morgan fingerprint density at radius 3 is 1.00 bits per heavy atom. The van der Waals surface area contributed by atoms with Gasteiger partial charge in [-0.1, -0.05) is 13.8 Å². The molecule has 118 valence electrons. The average Bonchev–Trinajstić information content (AvgIpc) is 2.48. The van der Waals surface area contributed by atoms with E-state index in [9.17, 15) is 19.2 Å². The summed E-state index contributed by atoms with van der Waals surface area (Å²) in [7, 11) is 0. The lowest BCUT2D eigenvalue weighted by Gasteiger charge is -2.55. The molecule has 0 radical (unpaired) electrons. The van der Waals surface area contributed by atoms with Crippen LogP contribution in [-0.2, 0) is 19.2 Å². The van der Waals surface area contributed by atoms with E-state index in [0.29, 0.717) is 25.7 Å². The Hall–Kier alpha value is -1.32. The molecule has 4 nitrogen and oxygen atoms in total. The Morgan fingerprint density at radius 1 is 0.545 bits per heavy atom. The van der Waals surface area contributed by atoms with Gasteiger partial charge < -0.3 is 0 Å². The molecule has 0 spiro atoms. The fourth-order valence-corrected chi connectivity index (χ4v) is 6.05. The minimum atomic E-state index is -0.310. The molecular formula is C18H22O4. The van der Waals surface area contributed by atoms with Crippen molar-refractivity contribution in [2.45, 2.75) is 39.5 Å². The van der Waals surface area contributed by atoms with Crippen molar-refractivity contribution in [3.8, 4) is 0 Å². The molecule has 4 heteroatoms. The van der Waals surface area contributed by atoms with E-state index in [1.165, 1.54) is 0 Å². The summed E-state index contributed by atoms with van der Waals surface area (Å²) < 4.78 is 0. The number of Topliss-reactive ketones (excluding diaryl/α,β-unsaturated/α-hetero) is 4. The van der Waals surface area contributed by atoms with Crippen LogP contribution < -0.4 is 0 Å². The van der Waals surface area contributed by atoms with Crippen LogP contribution in [0.15, 0.2) is 0 Å². The smallest absolute Gasteiger partial charge is 0.202 e. The van der Waals surface area contributed by atoms with Crippen molar-refractivity contribution in [1.82, 2.24) is 0 Å². The van der Waals surface area contributed by atoms with Gasteiger partial charge in [0.2, 0.25) is 23.1 Å². The predicted molar refractivity (Wildman–Crippen MR) is 77.8 cm³/mol. The van der Waals surface area contributed by atoms with Gasteiger partial charge in [-0.3, -0.25) is 19.2 Å². The number of hydrogen-bond acceptors (Lipinski definition) is 4. The number of rotatable bonds is 0. The SMILES string of the molecule is CC1CC2C(=O)C(=O)C3CC(C)CC4C(=O)C(=O)C(C1)C2C34. The Morgan fingerprint density at radius 2 is 0.773 bits per heavy atom. The Balaban J connectivity index is 1.84. The Labute approximate surface area is 130 Å². The fraction of sp³-hybridized carbons (Fsp3) is 0.778. The number of carbonyl (C=O) groups is 4. The van der Waals surface area contributed by atoms with Crippen molar-refractivity contribution < 1.29 is 19.2 Å². The van der Waals surface area contributed by atoms with Gasteiger partial charge in [0.15, 0.2) is 0 Å². The van der Waals surface area contributed by atoms with Gasteiger partial charge in [0.1, 0.15) is 0 Å². The monoisotopic (exact) mass is 302 g/mol. The quantitative estimate of drug-likeness (QED) is 0.640. The van der Waals surface area contributed by atoms with E-state index in [2.05, 4.69) is 0 Å². The number of ketones is 4. The third kappa shape index (κ3) is 1.70. The summed E-state index contributed by atoms with van der Waals surface area (Å²) in [5.41, 5.74) is 0. The average molecular weight is 302 g/mol. The molecule has 0 aromatic rings. The molecule has 4 saturated carbocycles. The van der Waals surface area contributed by atoms with E-state index in [0.717, 1.165) is 0 Å². The predicted octanol–water partition coefficient (Wildman–Crippen LogP) is 1.85. The van der Waals surface area contributed by atoms with Crippen LogP contribution in [0.4, 0.5) is 0 Å². The molecule has 0 amide bonds. The maximum Gasteiger partial charge on any atom is 0.202 e. The second-order valence-electron chi connectivity index (χ2n) is 8.19. The van der Waals surface area contributed by atoms with Gasteiger partial charge in [-0.2, -0.15) is 0 Å². The first kappa shape index (κ1) is 14.3. The van der Waals surface area contributed by atoms with E-state index >= 15 is 0 Å². The second kappa shape index (κ2) is 4.59. The van der Waals surface area contributed by atoms with E-state index in [4.69, 9.17) is 0 Å². The van der Waals surface area contributed by atoms with Gasteiger partial charge in [0.05, 0.1) is 0 Å². The van der Waals surface area contributed by atoms with E-state index in [1.54, 1.807) is 0 Å². The molecule has 0 saturated heterocycles. The van der Waals surface area contributed by atoms with Crippen LogP contribution in [0, 0.1) is 47.3 Å². The lowest BCUT2D eigenvalue weighted by Crippen LogP contribution is -2.63. The van der Waals surface area contributed by atoms with Crippen LogP contribution in [0.2, 0.25) is 0 Å². The zero-order valence-electron chi connectivity index (χ0n) is 13.1. The highest BCUT2D eigenvalue weighted by atomic mass is 16.2. The van der Waals surface area contributed by atoms with Crippen LogP contribution in [0.25, 0.3) is 0 Å². The van der Waals surface area contributed by atoms with Gasteiger partial charge in [0.25, 0.3) is 0 Å². The largest absolute Gasteiger partial charge is 0.291 e. The number of hydrogen-bond donors (Lipinski definition) is 0. The molecule has 0 aromatic heterocycles.